The first-order chi connectivity index (χ1) is 12.4. The normalized spacial score (nSPS) is 11.2. The molecule has 1 amide bonds. The molecule has 0 fully saturated rings. The molecule has 0 unspecified atom stereocenters. The average molecular weight is 427 g/mol. The van der Waals surface area contributed by atoms with Crippen LogP contribution in [-0.4, -0.2) is 14.3 Å². The molecule has 1 heterocycles. The molecule has 2 aromatic carbocycles. The van der Waals surface area contributed by atoms with E-state index < -0.39 is 15.9 Å². The number of carbonyl (C=O) groups is 1. The highest BCUT2D eigenvalue weighted by Gasteiger charge is 2.20. The van der Waals surface area contributed by atoms with Crippen molar-refractivity contribution in [1.82, 2.24) is 0 Å². The molecule has 0 spiro atoms. The van der Waals surface area contributed by atoms with Crippen molar-refractivity contribution in [3.8, 4) is 0 Å². The molecule has 0 aliphatic rings. The van der Waals surface area contributed by atoms with Gasteiger partial charge in [0.1, 0.15) is 4.88 Å². The minimum absolute atomic E-state index is 0.113. The molecule has 0 radical (unpaired) electrons. The second-order valence-electron chi connectivity index (χ2n) is 5.16. The fourth-order valence-electron chi connectivity index (χ4n) is 2.13. The Morgan fingerprint density at radius 2 is 1.69 bits per heavy atom. The fraction of sp³-hybridized carbons (Fsp3) is 0. The van der Waals surface area contributed by atoms with E-state index in [1.807, 2.05) is 0 Å². The second kappa shape index (κ2) is 7.67. The van der Waals surface area contributed by atoms with Gasteiger partial charge in [0.2, 0.25) is 0 Å². The number of carbonyl (C=O) groups excluding carboxylic acids is 1. The Kier molecular flexibility index (Phi) is 5.52. The zero-order valence-electron chi connectivity index (χ0n) is 13.1. The molecular weight excluding hydrogens is 415 g/mol. The van der Waals surface area contributed by atoms with Crippen LogP contribution in [0.4, 0.5) is 11.4 Å². The van der Waals surface area contributed by atoms with Gasteiger partial charge in [-0.25, -0.2) is 8.42 Å². The van der Waals surface area contributed by atoms with Crippen LogP contribution in [0.3, 0.4) is 0 Å². The molecule has 0 aliphatic heterocycles. The lowest BCUT2D eigenvalue weighted by atomic mass is 10.3. The highest BCUT2D eigenvalue weighted by Crippen LogP contribution is 2.28. The van der Waals surface area contributed by atoms with Gasteiger partial charge >= 0.3 is 0 Å². The van der Waals surface area contributed by atoms with Gasteiger partial charge in [0.15, 0.2) is 0 Å². The van der Waals surface area contributed by atoms with Gasteiger partial charge in [-0.15, -0.1) is 11.3 Å². The van der Waals surface area contributed by atoms with Crippen molar-refractivity contribution in [1.29, 1.82) is 0 Å². The predicted molar refractivity (Wildman–Crippen MR) is 106 cm³/mol. The molecule has 5 nitrogen and oxygen atoms in total. The van der Waals surface area contributed by atoms with Gasteiger partial charge < -0.3 is 5.32 Å². The van der Waals surface area contributed by atoms with Crippen LogP contribution in [0, 0.1) is 0 Å². The average Bonchev–Trinajstić information content (AvgIpc) is 3.06. The number of halogens is 2. The standard InChI is InChI=1S/C17H12Cl2N2O3S2/c18-13-7-6-11(10-14(13)19)20-17(22)16-15(8-9-25-16)21-26(23,24)12-4-2-1-3-5-12/h1-10,21H,(H,20,22). The van der Waals surface area contributed by atoms with E-state index >= 15 is 0 Å². The molecule has 0 bridgehead atoms. The lowest BCUT2D eigenvalue weighted by molar-refractivity contribution is 0.103. The van der Waals surface area contributed by atoms with E-state index in [2.05, 4.69) is 10.0 Å². The van der Waals surface area contributed by atoms with Crippen molar-refractivity contribution >= 4 is 61.8 Å². The molecule has 3 aromatic rings. The Labute approximate surface area is 164 Å². The predicted octanol–water partition coefficient (Wildman–Crippen LogP) is 5.11. The quantitative estimate of drug-likeness (QED) is 0.594. The third kappa shape index (κ3) is 4.19. The summed E-state index contributed by atoms with van der Waals surface area (Å²) in [6.45, 7) is 0. The lowest BCUT2D eigenvalue weighted by Crippen LogP contribution is -2.17. The van der Waals surface area contributed by atoms with E-state index in [1.54, 1.807) is 35.7 Å². The van der Waals surface area contributed by atoms with Crippen LogP contribution in [0.15, 0.2) is 64.9 Å². The maximum absolute atomic E-state index is 12.5. The van der Waals surface area contributed by atoms with Gasteiger partial charge in [0.25, 0.3) is 15.9 Å². The summed E-state index contributed by atoms with van der Waals surface area (Å²) in [7, 11) is -3.79. The zero-order chi connectivity index (χ0) is 18.7. The van der Waals surface area contributed by atoms with E-state index in [4.69, 9.17) is 23.2 Å². The summed E-state index contributed by atoms with van der Waals surface area (Å²) < 4.78 is 27.3. The maximum atomic E-state index is 12.5. The van der Waals surface area contributed by atoms with Gasteiger partial charge in [-0.2, -0.15) is 0 Å². The van der Waals surface area contributed by atoms with E-state index in [1.165, 1.54) is 24.3 Å². The molecule has 26 heavy (non-hydrogen) atoms. The third-order valence-electron chi connectivity index (χ3n) is 3.35. The Balaban J connectivity index is 1.82. The van der Waals surface area contributed by atoms with Crippen LogP contribution >= 0.6 is 34.5 Å². The molecule has 2 N–H and O–H groups in total. The smallest absolute Gasteiger partial charge is 0.267 e. The molecule has 1 aromatic heterocycles. The van der Waals surface area contributed by atoms with E-state index in [9.17, 15) is 13.2 Å². The Morgan fingerprint density at radius 1 is 0.962 bits per heavy atom. The second-order valence-corrected chi connectivity index (χ2v) is 8.58. The molecule has 3 rings (SSSR count). The highest BCUT2D eigenvalue weighted by molar-refractivity contribution is 7.92. The minimum atomic E-state index is -3.79. The molecule has 0 saturated carbocycles. The van der Waals surface area contributed by atoms with Gasteiger partial charge in [-0.3, -0.25) is 9.52 Å². The summed E-state index contributed by atoms with van der Waals surface area (Å²) in [5.74, 6) is -0.454. The van der Waals surface area contributed by atoms with Crippen molar-refractivity contribution in [2.24, 2.45) is 0 Å². The summed E-state index contributed by atoms with van der Waals surface area (Å²) >= 11 is 12.9. The topological polar surface area (TPSA) is 75.3 Å². The minimum Gasteiger partial charge on any atom is -0.321 e. The summed E-state index contributed by atoms with van der Waals surface area (Å²) in [6.07, 6.45) is 0. The van der Waals surface area contributed by atoms with E-state index in [-0.39, 0.29) is 15.5 Å². The monoisotopic (exact) mass is 426 g/mol. The molecule has 9 heteroatoms. The van der Waals surface area contributed by atoms with Crippen LogP contribution < -0.4 is 10.0 Å². The number of thiophene rings is 1. The van der Waals surface area contributed by atoms with Gasteiger partial charge in [-0.05, 0) is 41.8 Å². The first kappa shape index (κ1) is 18.7. The van der Waals surface area contributed by atoms with Crippen LogP contribution in [-0.2, 0) is 10.0 Å². The van der Waals surface area contributed by atoms with Crippen molar-refractivity contribution < 1.29 is 13.2 Å². The van der Waals surface area contributed by atoms with E-state index in [0.29, 0.717) is 15.7 Å². The van der Waals surface area contributed by atoms with Crippen LogP contribution in [0.5, 0.6) is 0 Å². The Hall–Kier alpha value is -2.06. The van der Waals surface area contributed by atoms with Gasteiger partial charge in [-0.1, -0.05) is 41.4 Å². The summed E-state index contributed by atoms with van der Waals surface area (Å²) in [5, 5.41) is 4.98. The molecular formula is C17H12Cl2N2O3S2. The number of hydrogen-bond acceptors (Lipinski definition) is 4. The number of benzene rings is 2. The van der Waals surface area contributed by atoms with Crippen molar-refractivity contribution in [2.75, 3.05) is 10.0 Å². The number of nitrogens with one attached hydrogen (secondary N) is 2. The molecule has 0 atom stereocenters. The first-order valence-electron chi connectivity index (χ1n) is 7.28. The first-order valence-corrected chi connectivity index (χ1v) is 10.4. The number of hydrogen-bond donors (Lipinski definition) is 2. The summed E-state index contributed by atoms with van der Waals surface area (Å²) in [4.78, 5) is 12.8. The fourth-order valence-corrected chi connectivity index (χ4v) is 4.33. The number of amides is 1. The molecule has 134 valence electrons. The Morgan fingerprint density at radius 3 is 2.38 bits per heavy atom. The molecule has 0 saturated heterocycles. The zero-order valence-corrected chi connectivity index (χ0v) is 16.2. The van der Waals surface area contributed by atoms with Crippen LogP contribution in [0.1, 0.15) is 9.67 Å². The highest BCUT2D eigenvalue weighted by atomic mass is 35.5. The van der Waals surface area contributed by atoms with Crippen molar-refractivity contribution in [2.45, 2.75) is 4.90 Å². The van der Waals surface area contributed by atoms with Crippen LogP contribution in [0.25, 0.3) is 0 Å². The number of anilines is 2. The SMILES string of the molecule is O=C(Nc1ccc(Cl)c(Cl)c1)c1sccc1NS(=O)(=O)c1ccccc1. The largest absolute Gasteiger partial charge is 0.321 e. The van der Waals surface area contributed by atoms with Crippen molar-refractivity contribution in [3.63, 3.8) is 0 Å². The van der Waals surface area contributed by atoms with Gasteiger partial charge in [0, 0.05) is 5.69 Å². The maximum Gasteiger partial charge on any atom is 0.267 e. The lowest BCUT2D eigenvalue weighted by Gasteiger charge is -2.10. The third-order valence-corrected chi connectivity index (χ3v) is 6.38. The summed E-state index contributed by atoms with van der Waals surface area (Å²) in [6, 6.07) is 14.1. The Bertz CT molecular complexity index is 1050. The van der Waals surface area contributed by atoms with Crippen molar-refractivity contribution in [3.05, 3.63) is 74.9 Å². The van der Waals surface area contributed by atoms with E-state index in [0.717, 1.165) is 11.3 Å². The molecule has 0 aliphatic carbocycles. The number of sulfonamides is 1. The van der Waals surface area contributed by atoms with Gasteiger partial charge in [0.05, 0.1) is 20.6 Å². The summed E-state index contributed by atoms with van der Waals surface area (Å²) in [5.41, 5.74) is 0.658. The van der Waals surface area contributed by atoms with Crippen LogP contribution in [0.2, 0.25) is 10.0 Å². The number of rotatable bonds is 5.